The van der Waals surface area contributed by atoms with Gasteiger partial charge in [-0.2, -0.15) is 0 Å². The maximum atomic E-state index is 5.86. The van der Waals surface area contributed by atoms with Crippen LogP contribution in [0.5, 0.6) is 0 Å². The molecule has 2 fully saturated rings. The summed E-state index contributed by atoms with van der Waals surface area (Å²) in [5, 5.41) is 6.97. The van der Waals surface area contributed by atoms with Crippen molar-refractivity contribution < 1.29 is 4.74 Å². The minimum absolute atomic E-state index is 0.556. The molecular formula is C13H26N2O. The molecule has 1 aliphatic carbocycles. The average Bonchev–Trinajstić information content (AvgIpc) is 2.83. The van der Waals surface area contributed by atoms with Gasteiger partial charge in [-0.15, -0.1) is 0 Å². The number of nitrogens with one attached hydrogen (secondary N) is 2. The zero-order chi connectivity index (χ0) is 11.1. The van der Waals surface area contributed by atoms with Crippen molar-refractivity contribution in [1.82, 2.24) is 10.6 Å². The summed E-state index contributed by atoms with van der Waals surface area (Å²) in [5.41, 5.74) is 0. The summed E-state index contributed by atoms with van der Waals surface area (Å²) in [6, 6.07) is 0.703. The van der Waals surface area contributed by atoms with Crippen LogP contribution in [0.3, 0.4) is 0 Å². The number of hydrogen-bond acceptors (Lipinski definition) is 3. The Labute approximate surface area is 99.3 Å². The fraction of sp³-hybridized carbons (Fsp3) is 1.00. The molecule has 0 aromatic rings. The van der Waals surface area contributed by atoms with E-state index in [0.29, 0.717) is 12.1 Å². The average molecular weight is 226 g/mol. The van der Waals surface area contributed by atoms with E-state index >= 15 is 0 Å². The Morgan fingerprint density at radius 2 is 1.94 bits per heavy atom. The molecular weight excluding hydrogens is 200 g/mol. The van der Waals surface area contributed by atoms with Crippen LogP contribution in [0.25, 0.3) is 0 Å². The Morgan fingerprint density at radius 1 is 1.06 bits per heavy atom. The molecule has 2 N–H and O–H groups in total. The van der Waals surface area contributed by atoms with Crippen LogP contribution in [0.4, 0.5) is 0 Å². The van der Waals surface area contributed by atoms with Crippen molar-refractivity contribution in [3.63, 3.8) is 0 Å². The molecule has 1 saturated carbocycles. The summed E-state index contributed by atoms with van der Waals surface area (Å²) in [6.45, 7) is 4.20. The van der Waals surface area contributed by atoms with Crippen molar-refractivity contribution in [3.05, 3.63) is 0 Å². The molecule has 0 bridgehead atoms. The number of rotatable bonds is 6. The molecule has 16 heavy (non-hydrogen) atoms. The first-order valence-corrected chi connectivity index (χ1v) is 7.01. The molecule has 0 amide bonds. The van der Waals surface area contributed by atoms with E-state index in [1.165, 1.54) is 51.5 Å². The predicted octanol–water partition coefficient (Wildman–Crippen LogP) is 1.68. The van der Waals surface area contributed by atoms with Crippen LogP contribution in [0.1, 0.15) is 44.9 Å². The van der Waals surface area contributed by atoms with Gasteiger partial charge in [-0.3, -0.25) is 0 Å². The quantitative estimate of drug-likeness (QED) is 0.676. The highest BCUT2D eigenvalue weighted by molar-refractivity contribution is 4.76. The van der Waals surface area contributed by atoms with Gasteiger partial charge in [0.05, 0.1) is 12.7 Å². The molecule has 1 unspecified atom stereocenters. The van der Waals surface area contributed by atoms with E-state index in [1.54, 1.807) is 0 Å². The van der Waals surface area contributed by atoms with Gasteiger partial charge in [0.15, 0.2) is 0 Å². The summed E-state index contributed by atoms with van der Waals surface area (Å²) < 4.78 is 5.86. The Bertz CT molecular complexity index is 175. The summed E-state index contributed by atoms with van der Waals surface area (Å²) in [5.74, 6) is 0. The highest BCUT2D eigenvalue weighted by atomic mass is 16.5. The molecule has 0 aromatic carbocycles. The Balaban J connectivity index is 1.42. The van der Waals surface area contributed by atoms with Gasteiger partial charge in [0, 0.05) is 19.1 Å². The largest absolute Gasteiger partial charge is 0.377 e. The fourth-order valence-electron chi connectivity index (χ4n) is 2.74. The van der Waals surface area contributed by atoms with E-state index in [9.17, 15) is 0 Å². The zero-order valence-electron chi connectivity index (χ0n) is 10.3. The van der Waals surface area contributed by atoms with Crippen molar-refractivity contribution >= 4 is 0 Å². The van der Waals surface area contributed by atoms with Crippen molar-refractivity contribution in [1.29, 1.82) is 0 Å². The van der Waals surface area contributed by atoms with Crippen LogP contribution in [-0.2, 0) is 4.74 Å². The lowest BCUT2D eigenvalue weighted by Gasteiger charge is -2.22. The van der Waals surface area contributed by atoms with Gasteiger partial charge in [-0.25, -0.2) is 0 Å². The van der Waals surface area contributed by atoms with E-state index in [4.69, 9.17) is 4.74 Å². The van der Waals surface area contributed by atoms with E-state index < -0.39 is 0 Å². The third kappa shape index (κ3) is 4.40. The van der Waals surface area contributed by atoms with Gasteiger partial charge in [-0.05, 0) is 32.2 Å². The standard InChI is InChI=1S/C13H26N2O/c1-2-6-13(7-3-1)16-10-9-14-11-12-5-4-8-15-12/h12-15H,1-11H2. The van der Waals surface area contributed by atoms with Crippen molar-refractivity contribution in [2.75, 3.05) is 26.2 Å². The topological polar surface area (TPSA) is 33.3 Å². The van der Waals surface area contributed by atoms with Gasteiger partial charge in [0.25, 0.3) is 0 Å². The van der Waals surface area contributed by atoms with Crippen molar-refractivity contribution in [2.24, 2.45) is 0 Å². The van der Waals surface area contributed by atoms with Gasteiger partial charge in [-0.1, -0.05) is 19.3 Å². The molecule has 1 heterocycles. The summed E-state index contributed by atoms with van der Waals surface area (Å²) in [7, 11) is 0. The van der Waals surface area contributed by atoms with Crippen LogP contribution < -0.4 is 10.6 Å². The van der Waals surface area contributed by atoms with Gasteiger partial charge in [0.2, 0.25) is 0 Å². The highest BCUT2D eigenvalue weighted by Gasteiger charge is 2.14. The fourth-order valence-corrected chi connectivity index (χ4v) is 2.74. The van der Waals surface area contributed by atoms with E-state index in [2.05, 4.69) is 10.6 Å². The highest BCUT2D eigenvalue weighted by Crippen LogP contribution is 2.19. The van der Waals surface area contributed by atoms with Crippen LogP contribution in [0.15, 0.2) is 0 Å². The third-order valence-electron chi connectivity index (χ3n) is 3.74. The molecule has 1 atom stereocenters. The van der Waals surface area contributed by atoms with Crippen molar-refractivity contribution in [3.8, 4) is 0 Å². The first-order valence-electron chi connectivity index (χ1n) is 7.01. The van der Waals surface area contributed by atoms with Crippen LogP contribution in [-0.4, -0.2) is 38.4 Å². The Morgan fingerprint density at radius 3 is 2.69 bits per heavy atom. The smallest absolute Gasteiger partial charge is 0.0594 e. The molecule has 0 spiro atoms. The minimum atomic E-state index is 0.556. The van der Waals surface area contributed by atoms with Gasteiger partial charge in [0.1, 0.15) is 0 Å². The molecule has 1 aliphatic heterocycles. The molecule has 3 nitrogen and oxygen atoms in total. The molecule has 94 valence electrons. The van der Waals surface area contributed by atoms with Crippen molar-refractivity contribution in [2.45, 2.75) is 57.1 Å². The molecule has 2 aliphatic rings. The minimum Gasteiger partial charge on any atom is -0.377 e. The van der Waals surface area contributed by atoms with Crippen LogP contribution >= 0.6 is 0 Å². The van der Waals surface area contributed by atoms with E-state index in [-0.39, 0.29) is 0 Å². The molecule has 0 aromatic heterocycles. The Hall–Kier alpha value is -0.120. The lowest BCUT2D eigenvalue weighted by molar-refractivity contribution is 0.0302. The van der Waals surface area contributed by atoms with Crippen LogP contribution in [0.2, 0.25) is 0 Å². The summed E-state index contributed by atoms with van der Waals surface area (Å²) in [4.78, 5) is 0. The monoisotopic (exact) mass is 226 g/mol. The molecule has 1 saturated heterocycles. The normalized spacial score (nSPS) is 27.4. The molecule has 3 heteroatoms. The maximum Gasteiger partial charge on any atom is 0.0594 e. The second-order valence-corrected chi connectivity index (χ2v) is 5.13. The summed E-state index contributed by atoms with van der Waals surface area (Å²) in [6.07, 6.45) is 9.93. The zero-order valence-corrected chi connectivity index (χ0v) is 10.3. The predicted molar refractivity (Wildman–Crippen MR) is 66.7 cm³/mol. The number of hydrogen-bond donors (Lipinski definition) is 2. The Kier molecular flexibility index (Phi) is 5.59. The lowest BCUT2D eigenvalue weighted by atomic mass is 9.98. The summed E-state index contributed by atoms with van der Waals surface area (Å²) >= 11 is 0. The first kappa shape index (κ1) is 12.3. The van der Waals surface area contributed by atoms with E-state index in [0.717, 1.165) is 19.7 Å². The molecule has 2 rings (SSSR count). The maximum absolute atomic E-state index is 5.86. The SMILES string of the molecule is C1CCC(OCCNCC2CCCN2)CC1. The third-order valence-corrected chi connectivity index (χ3v) is 3.74. The second-order valence-electron chi connectivity index (χ2n) is 5.13. The number of ether oxygens (including phenoxy) is 1. The van der Waals surface area contributed by atoms with Gasteiger partial charge < -0.3 is 15.4 Å². The molecule has 0 radical (unpaired) electrons. The van der Waals surface area contributed by atoms with Crippen LogP contribution in [0, 0.1) is 0 Å². The lowest BCUT2D eigenvalue weighted by Crippen LogP contribution is -2.35. The first-order chi connectivity index (χ1) is 7.95. The van der Waals surface area contributed by atoms with E-state index in [1.807, 2.05) is 0 Å². The van der Waals surface area contributed by atoms with Gasteiger partial charge >= 0.3 is 0 Å². The second kappa shape index (κ2) is 7.25.